The summed E-state index contributed by atoms with van der Waals surface area (Å²) in [6, 6.07) is 15.3. The second kappa shape index (κ2) is 7.94. The molecule has 0 spiro atoms. The van der Waals surface area contributed by atoms with Crippen LogP contribution in [-0.2, 0) is 0 Å². The van der Waals surface area contributed by atoms with Crippen molar-refractivity contribution in [1.82, 2.24) is 19.6 Å². The van der Waals surface area contributed by atoms with Gasteiger partial charge in [0.15, 0.2) is 5.69 Å². The molecule has 1 aromatic carbocycles. The highest BCUT2D eigenvalue weighted by atomic mass is 16.2. The molecule has 1 atom stereocenters. The first-order chi connectivity index (χ1) is 14.7. The van der Waals surface area contributed by atoms with Gasteiger partial charge in [-0.05, 0) is 49.9 Å². The Morgan fingerprint density at radius 1 is 0.933 bits per heavy atom. The van der Waals surface area contributed by atoms with E-state index in [9.17, 15) is 9.59 Å². The Kier molecular flexibility index (Phi) is 4.99. The second-order valence-corrected chi connectivity index (χ2v) is 8.25. The first-order valence-corrected chi connectivity index (χ1v) is 10.9. The number of benzene rings is 1. The maximum Gasteiger partial charge on any atom is 0.272 e. The minimum absolute atomic E-state index is 0.0164. The molecule has 1 saturated carbocycles. The molecule has 2 aromatic heterocycles. The number of amides is 2. The molecule has 1 saturated heterocycles. The van der Waals surface area contributed by atoms with Crippen molar-refractivity contribution in [2.75, 3.05) is 6.54 Å². The molecular formula is C24H26N4O2. The van der Waals surface area contributed by atoms with E-state index in [1.165, 1.54) is 12.8 Å². The van der Waals surface area contributed by atoms with Gasteiger partial charge in [-0.1, -0.05) is 37.1 Å². The number of likely N-dealkylation sites (tertiary alicyclic amines) is 1. The van der Waals surface area contributed by atoms with Crippen LogP contribution in [0.4, 0.5) is 0 Å². The molecule has 0 radical (unpaired) electrons. The fourth-order valence-electron chi connectivity index (χ4n) is 4.81. The summed E-state index contributed by atoms with van der Waals surface area (Å²) in [4.78, 5) is 32.9. The van der Waals surface area contributed by atoms with Crippen molar-refractivity contribution in [3.63, 3.8) is 0 Å². The Morgan fingerprint density at radius 3 is 2.50 bits per heavy atom. The number of carbonyl (C=O) groups excluding carboxylic acids is 2. The van der Waals surface area contributed by atoms with Crippen LogP contribution < -0.4 is 5.32 Å². The van der Waals surface area contributed by atoms with Crippen LogP contribution in [-0.4, -0.2) is 38.7 Å². The van der Waals surface area contributed by atoms with Crippen molar-refractivity contribution in [2.24, 2.45) is 0 Å². The summed E-state index contributed by atoms with van der Waals surface area (Å²) in [6.45, 7) is 0.698. The van der Waals surface area contributed by atoms with Gasteiger partial charge in [0.1, 0.15) is 5.82 Å². The number of imidazole rings is 1. The number of carbonyl (C=O) groups is 2. The van der Waals surface area contributed by atoms with Gasteiger partial charge >= 0.3 is 0 Å². The van der Waals surface area contributed by atoms with E-state index >= 15 is 0 Å². The van der Waals surface area contributed by atoms with Crippen LogP contribution in [0.2, 0.25) is 0 Å². The van der Waals surface area contributed by atoms with E-state index in [4.69, 9.17) is 4.98 Å². The molecule has 3 aromatic rings. The van der Waals surface area contributed by atoms with Crippen LogP contribution in [0.5, 0.6) is 0 Å². The molecule has 1 aliphatic heterocycles. The van der Waals surface area contributed by atoms with Crippen LogP contribution in [0.15, 0.2) is 54.7 Å². The summed E-state index contributed by atoms with van der Waals surface area (Å²) in [7, 11) is 0. The summed E-state index contributed by atoms with van der Waals surface area (Å²) >= 11 is 0. The minimum Gasteiger partial charge on any atom is -0.348 e. The third-order valence-electron chi connectivity index (χ3n) is 6.31. The molecule has 30 heavy (non-hydrogen) atoms. The van der Waals surface area contributed by atoms with E-state index in [-0.39, 0.29) is 23.9 Å². The molecule has 6 heteroatoms. The number of hydrogen-bond donors (Lipinski definition) is 1. The summed E-state index contributed by atoms with van der Waals surface area (Å²) in [5.74, 6) is 0.669. The van der Waals surface area contributed by atoms with Gasteiger partial charge in [0.25, 0.3) is 11.8 Å². The fraction of sp³-hybridized carbons (Fsp3) is 0.375. The van der Waals surface area contributed by atoms with Gasteiger partial charge in [0, 0.05) is 24.3 Å². The monoisotopic (exact) mass is 402 g/mol. The highest BCUT2D eigenvalue weighted by Gasteiger charge is 2.34. The number of nitrogens with zero attached hydrogens (tertiary/aromatic N) is 3. The van der Waals surface area contributed by atoms with Crippen molar-refractivity contribution in [3.05, 3.63) is 71.8 Å². The van der Waals surface area contributed by atoms with Crippen LogP contribution in [0.1, 0.15) is 71.2 Å². The maximum atomic E-state index is 13.1. The number of rotatable bonds is 4. The van der Waals surface area contributed by atoms with Crippen LogP contribution >= 0.6 is 0 Å². The van der Waals surface area contributed by atoms with Gasteiger partial charge in [-0.3, -0.25) is 9.59 Å². The molecule has 0 bridgehead atoms. The van der Waals surface area contributed by atoms with E-state index < -0.39 is 0 Å². The third-order valence-corrected chi connectivity index (χ3v) is 6.31. The van der Waals surface area contributed by atoms with Gasteiger partial charge in [-0.15, -0.1) is 0 Å². The molecule has 0 unspecified atom stereocenters. The Morgan fingerprint density at radius 2 is 1.70 bits per heavy atom. The maximum absolute atomic E-state index is 13.1. The van der Waals surface area contributed by atoms with Crippen LogP contribution in [0.25, 0.3) is 5.52 Å². The average molecular weight is 402 g/mol. The van der Waals surface area contributed by atoms with Crippen molar-refractivity contribution in [3.8, 4) is 0 Å². The SMILES string of the molecule is O=C(NC1CCCC1)c1nc([C@@H]2CCCN2C(=O)c2ccccc2)n2ccccc12. The fourth-order valence-corrected chi connectivity index (χ4v) is 4.81. The Bertz CT molecular complexity index is 1070. The summed E-state index contributed by atoms with van der Waals surface area (Å²) in [5.41, 5.74) is 1.93. The normalized spacial score (nSPS) is 19.5. The summed E-state index contributed by atoms with van der Waals surface area (Å²) < 4.78 is 1.98. The van der Waals surface area contributed by atoms with Crippen LogP contribution in [0, 0.1) is 0 Å². The number of aromatic nitrogens is 2. The average Bonchev–Trinajstić information content (AvgIpc) is 3.53. The Labute approximate surface area is 175 Å². The topological polar surface area (TPSA) is 66.7 Å². The molecule has 1 aliphatic carbocycles. The van der Waals surface area contributed by atoms with E-state index in [0.29, 0.717) is 17.8 Å². The van der Waals surface area contributed by atoms with E-state index in [0.717, 1.165) is 37.0 Å². The molecule has 5 rings (SSSR count). The predicted molar refractivity (Wildman–Crippen MR) is 114 cm³/mol. The lowest BCUT2D eigenvalue weighted by Crippen LogP contribution is -2.33. The van der Waals surface area contributed by atoms with E-state index in [1.54, 1.807) is 0 Å². The molecule has 2 aliphatic rings. The van der Waals surface area contributed by atoms with Gasteiger partial charge in [-0.25, -0.2) is 4.98 Å². The lowest BCUT2D eigenvalue weighted by atomic mass is 10.1. The van der Waals surface area contributed by atoms with Gasteiger partial charge in [0.2, 0.25) is 0 Å². The van der Waals surface area contributed by atoms with Crippen molar-refractivity contribution < 1.29 is 9.59 Å². The quantitative estimate of drug-likeness (QED) is 0.718. The smallest absolute Gasteiger partial charge is 0.272 e. The largest absolute Gasteiger partial charge is 0.348 e. The summed E-state index contributed by atoms with van der Waals surface area (Å²) in [5, 5.41) is 3.16. The molecule has 2 fully saturated rings. The first-order valence-electron chi connectivity index (χ1n) is 10.9. The standard InChI is InChI=1S/C24H26N4O2/c29-23(25-18-11-4-5-12-18)21-19-13-6-7-15-27(19)22(26-21)20-14-8-16-28(20)24(30)17-9-2-1-3-10-17/h1-3,6-7,9-10,13,15,18,20H,4-5,8,11-12,14,16H2,(H,25,29)/t20-/m0/s1. The van der Waals surface area contributed by atoms with Crippen molar-refractivity contribution in [1.29, 1.82) is 0 Å². The van der Waals surface area contributed by atoms with Crippen molar-refractivity contribution in [2.45, 2.75) is 50.6 Å². The number of hydrogen-bond acceptors (Lipinski definition) is 3. The van der Waals surface area contributed by atoms with Crippen molar-refractivity contribution >= 4 is 17.3 Å². The van der Waals surface area contributed by atoms with Gasteiger partial charge < -0.3 is 14.6 Å². The number of pyridine rings is 1. The summed E-state index contributed by atoms with van der Waals surface area (Å²) in [6.07, 6.45) is 8.11. The molecule has 154 valence electrons. The van der Waals surface area contributed by atoms with Gasteiger partial charge in [0.05, 0.1) is 11.6 Å². The first kappa shape index (κ1) is 18.9. The zero-order valence-electron chi connectivity index (χ0n) is 17.0. The minimum atomic E-state index is -0.138. The molecule has 2 amide bonds. The molecule has 1 N–H and O–H groups in total. The second-order valence-electron chi connectivity index (χ2n) is 8.25. The lowest BCUT2D eigenvalue weighted by molar-refractivity contribution is 0.0729. The Hall–Kier alpha value is -3.15. The lowest BCUT2D eigenvalue weighted by Gasteiger charge is -2.24. The zero-order chi connectivity index (χ0) is 20.5. The van der Waals surface area contributed by atoms with E-state index in [2.05, 4.69) is 5.32 Å². The predicted octanol–water partition coefficient (Wildman–Crippen LogP) is 3.98. The zero-order valence-corrected chi connectivity index (χ0v) is 17.0. The van der Waals surface area contributed by atoms with Gasteiger partial charge in [-0.2, -0.15) is 0 Å². The van der Waals surface area contributed by atoms with E-state index in [1.807, 2.05) is 64.0 Å². The number of fused-ring (bicyclic) bond motifs is 1. The Balaban J connectivity index is 1.49. The highest BCUT2D eigenvalue weighted by Crippen LogP contribution is 2.34. The number of nitrogens with one attached hydrogen (secondary N) is 1. The highest BCUT2D eigenvalue weighted by molar-refractivity contribution is 5.99. The molecular weight excluding hydrogens is 376 g/mol. The molecule has 3 heterocycles. The third kappa shape index (κ3) is 3.36. The van der Waals surface area contributed by atoms with Crippen LogP contribution in [0.3, 0.4) is 0 Å². The molecule has 6 nitrogen and oxygen atoms in total.